The number of hydrogen-bond acceptors (Lipinski definition) is 5. The number of ether oxygens (including phenoxy) is 1. The highest BCUT2D eigenvalue weighted by Crippen LogP contribution is 2.43. The molecule has 0 aromatic carbocycles. The van der Waals surface area contributed by atoms with Crippen LogP contribution in [0.5, 0.6) is 5.88 Å². The number of nitrogens with one attached hydrogen (secondary N) is 1. The molecule has 2 N–H and O–H groups in total. The molecule has 2 rings (SSSR count). The number of rotatable bonds is 7. The van der Waals surface area contributed by atoms with Crippen molar-refractivity contribution in [2.75, 3.05) is 13.2 Å². The minimum atomic E-state index is -0.826. The number of amides is 1. The molecule has 20 heavy (non-hydrogen) atoms. The first kappa shape index (κ1) is 14.4. The maximum atomic E-state index is 11.7. The quantitative estimate of drug-likeness (QED) is 0.777. The zero-order valence-electron chi connectivity index (χ0n) is 11.3. The number of aromatic nitrogens is 1. The van der Waals surface area contributed by atoms with Crippen LogP contribution < -0.4 is 10.1 Å². The van der Waals surface area contributed by atoms with Crippen LogP contribution in [-0.4, -0.2) is 35.3 Å². The molecule has 7 heteroatoms. The lowest BCUT2D eigenvalue weighted by molar-refractivity contribution is -0.142. The number of nitrogens with zero attached hydrogens (tertiary/aromatic N) is 1. The molecule has 1 heterocycles. The van der Waals surface area contributed by atoms with Crippen molar-refractivity contribution in [1.29, 1.82) is 0 Å². The van der Waals surface area contributed by atoms with Gasteiger partial charge in [0, 0.05) is 12.6 Å². The Hall–Kier alpha value is -2.05. The van der Waals surface area contributed by atoms with E-state index in [4.69, 9.17) is 14.4 Å². The maximum Gasteiger partial charge on any atom is 0.303 e. The first-order valence-electron chi connectivity index (χ1n) is 6.54. The lowest BCUT2D eigenvalue weighted by Gasteiger charge is -2.40. The smallest absolute Gasteiger partial charge is 0.303 e. The highest BCUT2D eigenvalue weighted by atomic mass is 16.5. The maximum absolute atomic E-state index is 11.7. The molecule has 1 saturated carbocycles. The Bertz CT molecular complexity index is 493. The van der Waals surface area contributed by atoms with Crippen LogP contribution in [-0.2, 0) is 9.59 Å². The first-order chi connectivity index (χ1) is 9.49. The second-order valence-corrected chi connectivity index (χ2v) is 5.27. The third-order valence-corrected chi connectivity index (χ3v) is 3.56. The SMILES string of the molecule is Cc1cc(OCC(=O)NCC2(CC(=O)O)CCC2)no1. The fourth-order valence-electron chi connectivity index (χ4n) is 2.30. The average molecular weight is 282 g/mol. The predicted molar refractivity (Wildman–Crippen MR) is 68.3 cm³/mol. The predicted octanol–water partition coefficient (Wildman–Crippen LogP) is 1.12. The number of carboxylic acid groups (broad SMARTS) is 1. The van der Waals surface area contributed by atoms with E-state index < -0.39 is 5.97 Å². The standard InChI is InChI=1S/C13H18N2O5/c1-9-5-11(15-20-9)19-7-10(16)14-8-13(3-2-4-13)6-12(17)18/h5H,2-4,6-8H2,1H3,(H,14,16)(H,17,18). The van der Waals surface area contributed by atoms with Crippen molar-refractivity contribution in [2.24, 2.45) is 5.41 Å². The van der Waals surface area contributed by atoms with Gasteiger partial charge < -0.3 is 19.7 Å². The Morgan fingerprint density at radius 1 is 1.55 bits per heavy atom. The van der Waals surface area contributed by atoms with Crippen molar-refractivity contribution in [3.05, 3.63) is 11.8 Å². The van der Waals surface area contributed by atoms with E-state index in [0.717, 1.165) is 19.3 Å². The fourth-order valence-corrected chi connectivity index (χ4v) is 2.30. The third kappa shape index (κ3) is 3.72. The Morgan fingerprint density at radius 2 is 2.30 bits per heavy atom. The van der Waals surface area contributed by atoms with Crippen LogP contribution in [0.3, 0.4) is 0 Å². The van der Waals surface area contributed by atoms with Gasteiger partial charge in [0.15, 0.2) is 6.61 Å². The molecule has 0 aliphatic heterocycles. The van der Waals surface area contributed by atoms with Gasteiger partial charge in [0.25, 0.3) is 11.8 Å². The highest BCUT2D eigenvalue weighted by molar-refractivity contribution is 5.77. The summed E-state index contributed by atoms with van der Waals surface area (Å²) in [6, 6.07) is 1.59. The number of aliphatic carboxylic acids is 1. The molecular formula is C13H18N2O5. The van der Waals surface area contributed by atoms with Crippen LogP contribution in [0.4, 0.5) is 0 Å². The van der Waals surface area contributed by atoms with Gasteiger partial charge in [-0.2, -0.15) is 0 Å². The Morgan fingerprint density at radius 3 is 2.80 bits per heavy atom. The van der Waals surface area contributed by atoms with Crippen molar-refractivity contribution in [2.45, 2.75) is 32.6 Å². The van der Waals surface area contributed by atoms with Gasteiger partial charge in [-0.05, 0) is 30.3 Å². The van der Waals surface area contributed by atoms with Crippen molar-refractivity contribution in [3.63, 3.8) is 0 Å². The van der Waals surface area contributed by atoms with Crippen LogP contribution in [0.2, 0.25) is 0 Å². The Balaban J connectivity index is 1.73. The number of hydrogen-bond donors (Lipinski definition) is 2. The Kier molecular flexibility index (Phi) is 4.26. The van der Waals surface area contributed by atoms with Crippen molar-refractivity contribution in [3.8, 4) is 5.88 Å². The minimum Gasteiger partial charge on any atom is -0.481 e. The van der Waals surface area contributed by atoms with Gasteiger partial charge in [0.05, 0.1) is 6.42 Å². The molecule has 1 aliphatic carbocycles. The summed E-state index contributed by atoms with van der Waals surface area (Å²) in [5.41, 5.74) is -0.286. The number of aryl methyl sites for hydroxylation is 1. The molecule has 0 bridgehead atoms. The van der Waals surface area contributed by atoms with Crippen LogP contribution in [0.1, 0.15) is 31.4 Å². The van der Waals surface area contributed by atoms with Crippen molar-refractivity contribution >= 4 is 11.9 Å². The lowest BCUT2D eigenvalue weighted by Crippen LogP contribution is -2.44. The molecule has 0 saturated heterocycles. The van der Waals surface area contributed by atoms with Crippen LogP contribution in [0.25, 0.3) is 0 Å². The van der Waals surface area contributed by atoms with E-state index in [2.05, 4.69) is 10.5 Å². The molecule has 1 aromatic rings. The van der Waals surface area contributed by atoms with Crippen LogP contribution in [0, 0.1) is 12.3 Å². The largest absolute Gasteiger partial charge is 0.481 e. The van der Waals surface area contributed by atoms with Gasteiger partial charge in [-0.1, -0.05) is 6.42 Å². The molecular weight excluding hydrogens is 264 g/mol. The average Bonchev–Trinajstić information content (AvgIpc) is 2.75. The van der Waals surface area contributed by atoms with E-state index in [1.807, 2.05) is 0 Å². The summed E-state index contributed by atoms with van der Waals surface area (Å²) in [5.74, 6) is -0.243. The van der Waals surface area contributed by atoms with Gasteiger partial charge in [-0.25, -0.2) is 0 Å². The minimum absolute atomic E-state index is 0.0939. The fraction of sp³-hybridized carbons (Fsp3) is 0.615. The first-order valence-corrected chi connectivity index (χ1v) is 6.54. The summed E-state index contributed by atoms with van der Waals surface area (Å²) in [4.78, 5) is 22.5. The summed E-state index contributed by atoms with van der Waals surface area (Å²) in [6.07, 6.45) is 2.78. The van der Waals surface area contributed by atoms with Crippen molar-refractivity contribution in [1.82, 2.24) is 10.5 Å². The molecule has 0 spiro atoms. The van der Waals surface area contributed by atoms with Gasteiger partial charge >= 0.3 is 5.97 Å². The van der Waals surface area contributed by atoms with E-state index >= 15 is 0 Å². The van der Waals surface area contributed by atoms with Gasteiger partial charge in [-0.15, -0.1) is 0 Å². The second kappa shape index (κ2) is 5.94. The summed E-state index contributed by atoms with van der Waals surface area (Å²) >= 11 is 0. The number of carbonyl (C=O) groups is 2. The Labute approximate surface area is 116 Å². The summed E-state index contributed by atoms with van der Waals surface area (Å²) in [5, 5.41) is 15.2. The summed E-state index contributed by atoms with van der Waals surface area (Å²) in [6.45, 7) is 1.95. The van der Waals surface area contributed by atoms with Crippen LogP contribution in [0.15, 0.2) is 10.6 Å². The van der Waals surface area contributed by atoms with E-state index in [0.29, 0.717) is 12.3 Å². The monoisotopic (exact) mass is 282 g/mol. The molecule has 1 aromatic heterocycles. The van der Waals surface area contributed by atoms with Gasteiger partial charge in [0.2, 0.25) is 0 Å². The topological polar surface area (TPSA) is 102 Å². The molecule has 110 valence electrons. The van der Waals surface area contributed by atoms with E-state index in [-0.39, 0.29) is 30.2 Å². The summed E-state index contributed by atoms with van der Waals surface area (Å²) in [7, 11) is 0. The molecule has 1 fully saturated rings. The zero-order chi connectivity index (χ0) is 14.6. The van der Waals surface area contributed by atoms with Crippen molar-refractivity contribution < 1.29 is 24.0 Å². The molecule has 0 atom stereocenters. The number of carbonyl (C=O) groups excluding carboxylic acids is 1. The normalized spacial score (nSPS) is 16.2. The molecule has 0 unspecified atom stereocenters. The molecule has 7 nitrogen and oxygen atoms in total. The number of carboxylic acids is 1. The van der Waals surface area contributed by atoms with E-state index in [9.17, 15) is 9.59 Å². The summed E-state index contributed by atoms with van der Waals surface area (Å²) < 4.78 is 9.96. The second-order valence-electron chi connectivity index (χ2n) is 5.27. The highest BCUT2D eigenvalue weighted by Gasteiger charge is 2.39. The van der Waals surface area contributed by atoms with E-state index in [1.165, 1.54) is 0 Å². The van der Waals surface area contributed by atoms with Crippen LogP contribution >= 0.6 is 0 Å². The zero-order valence-corrected chi connectivity index (χ0v) is 11.3. The molecule has 0 radical (unpaired) electrons. The van der Waals surface area contributed by atoms with Gasteiger partial charge in [0.1, 0.15) is 5.76 Å². The lowest BCUT2D eigenvalue weighted by atomic mass is 9.66. The molecule has 1 amide bonds. The van der Waals surface area contributed by atoms with Gasteiger partial charge in [-0.3, -0.25) is 9.59 Å². The molecule has 1 aliphatic rings. The third-order valence-electron chi connectivity index (χ3n) is 3.56. The van der Waals surface area contributed by atoms with E-state index in [1.54, 1.807) is 13.0 Å².